The van der Waals surface area contributed by atoms with Crippen molar-refractivity contribution in [2.75, 3.05) is 0 Å². The van der Waals surface area contributed by atoms with E-state index in [4.69, 9.17) is 4.74 Å². The van der Waals surface area contributed by atoms with Crippen molar-refractivity contribution in [3.8, 4) is 0 Å². The summed E-state index contributed by atoms with van der Waals surface area (Å²) in [6, 6.07) is 0. The van der Waals surface area contributed by atoms with E-state index in [1.807, 2.05) is 6.92 Å². The largest absolute Gasteiger partial charge is 0.462 e. The summed E-state index contributed by atoms with van der Waals surface area (Å²) in [5.41, 5.74) is -0.399. The van der Waals surface area contributed by atoms with Crippen molar-refractivity contribution in [1.82, 2.24) is 0 Å². The van der Waals surface area contributed by atoms with Crippen molar-refractivity contribution in [3.63, 3.8) is 0 Å². The van der Waals surface area contributed by atoms with Gasteiger partial charge >= 0.3 is 5.97 Å². The molecule has 0 heterocycles. The van der Waals surface area contributed by atoms with Crippen LogP contribution in [0.3, 0.4) is 0 Å². The number of carbonyl (C=O) groups is 1. The molecule has 1 saturated carbocycles. The van der Waals surface area contributed by atoms with Gasteiger partial charge in [-0.3, -0.25) is 4.79 Å². The lowest BCUT2D eigenvalue weighted by Gasteiger charge is -2.35. The van der Waals surface area contributed by atoms with E-state index in [9.17, 15) is 9.90 Å². The molecule has 3 nitrogen and oxygen atoms in total. The predicted molar refractivity (Wildman–Crippen MR) is 76.8 cm³/mol. The first-order chi connectivity index (χ1) is 8.75. The highest BCUT2D eigenvalue weighted by Gasteiger charge is 2.40. The van der Waals surface area contributed by atoms with Crippen molar-refractivity contribution < 1.29 is 14.6 Å². The molecule has 1 fully saturated rings. The lowest BCUT2D eigenvalue weighted by atomic mass is 9.73. The van der Waals surface area contributed by atoms with Crippen LogP contribution >= 0.6 is 0 Å². The van der Waals surface area contributed by atoms with Crippen LogP contribution in [0.5, 0.6) is 0 Å². The zero-order valence-corrected chi connectivity index (χ0v) is 13.1. The van der Waals surface area contributed by atoms with Gasteiger partial charge in [-0.25, -0.2) is 0 Å². The maximum Gasteiger partial charge on any atom is 0.312 e. The molecule has 0 aliphatic heterocycles. The topological polar surface area (TPSA) is 46.5 Å². The molecule has 0 aromatic heterocycles. The molecule has 112 valence electrons. The Labute approximate surface area is 117 Å². The Morgan fingerprint density at radius 1 is 1.21 bits per heavy atom. The van der Waals surface area contributed by atoms with Gasteiger partial charge in [0, 0.05) is 0 Å². The first-order valence-corrected chi connectivity index (χ1v) is 7.65. The summed E-state index contributed by atoms with van der Waals surface area (Å²) in [5, 5.41) is 9.49. The first kappa shape index (κ1) is 16.5. The van der Waals surface area contributed by atoms with Gasteiger partial charge in [0.1, 0.15) is 6.10 Å². The number of hydrogen-bond acceptors (Lipinski definition) is 3. The Kier molecular flexibility index (Phi) is 5.84. The number of ether oxygens (including phenoxy) is 1. The number of aliphatic hydroxyl groups is 1. The van der Waals surface area contributed by atoms with E-state index in [2.05, 4.69) is 27.7 Å². The molecule has 0 aromatic carbocycles. The minimum Gasteiger partial charge on any atom is -0.462 e. The summed E-state index contributed by atoms with van der Waals surface area (Å²) in [7, 11) is 0. The number of carbonyl (C=O) groups excluding carboxylic acids is 1. The number of esters is 1. The molecule has 1 rings (SSSR count). The van der Waals surface area contributed by atoms with E-state index in [0.29, 0.717) is 5.92 Å². The molecule has 1 aliphatic rings. The summed E-state index contributed by atoms with van der Waals surface area (Å²) in [4.78, 5) is 12.5. The second-order valence-electron chi connectivity index (χ2n) is 7.01. The first-order valence-electron chi connectivity index (χ1n) is 7.65. The van der Waals surface area contributed by atoms with Crippen LogP contribution in [0.1, 0.15) is 66.7 Å². The van der Waals surface area contributed by atoms with Gasteiger partial charge in [0.15, 0.2) is 0 Å². The third-order valence-corrected chi connectivity index (χ3v) is 4.49. The van der Waals surface area contributed by atoms with Crippen LogP contribution in [-0.4, -0.2) is 23.3 Å². The quantitative estimate of drug-likeness (QED) is 0.777. The molecule has 1 N–H and O–H groups in total. The maximum absolute atomic E-state index is 12.5. The van der Waals surface area contributed by atoms with Crippen LogP contribution in [-0.2, 0) is 9.53 Å². The van der Waals surface area contributed by atoms with Crippen molar-refractivity contribution in [1.29, 1.82) is 0 Å². The Hall–Kier alpha value is -0.570. The molecule has 0 amide bonds. The Morgan fingerprint density at radius 3 is 2.16 bits per heavy atom. The van der Waals surface area contributed by atoms with Gasteiger partial charge in [-0.2, -0.15) is 0 Å². The highest BCUT2D eigenvalue weighted by atomic mass is 16.5. The van der Waals surface area contributed by atoms with Crippen LogP contribution in [0.4, 0.5) is 0 Å². The smallest absolute Gasteiger partial charge is 0.312 e. The van der Waals surface area contributed by atoms with Crippen LogP contribution in [0.2, 0.25) is 0 Å². The molecule has 19 heavy (non-hydrogen) atoms. The molecule has 1 unspecified atom stereocenters. The monoisotopic (exact) mass is 270 g/mol. The highest BCUT2D eigenvalue weighted by molar-refractivity contribution is 5.76. The normalized spacial score (nSPS) is 27.4. The van der Waals surface area contributed by atoms with E-state index >= 15 is 0 Å². The third-order valence-electron chi connectivity index (χ3n) is 4.49. The molecular weight excluding hydrogens is 240 g/mol. The zero-order chi connectivity index (χ0) is 14.6. The van der Waals surface area contributed by atoms with Crippen molar-refractivity contribution in [2.24, 2.45) is 17.3 Å². The second-order valence-corrected chi connectivity index (χ2v) is 7.01. The van der Waals surface area contributed by atoms with E-state index in [1.165, 1.54) is 0 Å². The van der Waals surface area contributed by atoms with Crippen LogP contribution in [0.25, 0.3) is 0 Å². The minimum absolute atomic E-state index is 0.00105. The minimum atomic E-state index is -0.399. The van der Waals surface area contributed by atoms with Crippen molar-refractivity contribution >= 4 is 5.97 Å². The van der Waals surface area contributed by atoms with Crippen molar-refractivity contribution in [3.05, 3.63) is 0 Å². The molecule has 0 radical (unpaired) electrons. The predicted octanol–water partition coefficient (Wildman–Crippen LogP) is 3.54. The van der Waals surface area contributed by atoms with E-state index < -0.39 is 5.41 Å². The zero-order valence-electron chi connectivity index (χ0n) is 13.1. The summed E-state index contributed by atoms with van der Waals surface area (Å²) in [6.45, 7) is 10.5. The molecule has 0 aromatic rings. The molecule has 0 bridgehead atoms. The fourth-order valence-corrected chi connectivity index (χ4v) is 2.85. The second kappa shape index (κ2) is 6.74. The maximum atomic E-state index is 12.5. The highest BCUT2D eigenvalue weighted by Crippen LogP contribution is 2.37. The molecule has 1 atom stereocenters. The Balaban J connectivity index is 2.62. The van der Waals surface area contributed by atoms with Crippen LogP contribution in [0, 0.1) is 17.3 Å². The standard InChI is InChI=1S/C16H30O3/c1-11(2)10-16(5,12(3)4)15(18)19-14-8-6-13(17)7-9-14/h11-14,17H,6-10H2,1-5H3. The Bertz CT molecular complexity index is 290. The average molecular weight is 270 g/mol. The lowest BCUT2D eigenvalue weighted by molar-refractivity contribution is -0.167. The number of rotatable bonds is 5. The summed E-state index contributed by atoms with van der Waals surface area (Å²) >= 11 is 0. The van der Waals surface area contributed by atoms with Gasteiger partial charge in [0.25, 0.3) is 0 Å². The molecule has 0 saturated heterocycles. The van der Waals surface area contributed by atoms with Crippen LogP contribution < -0.4 is 0 Å². The molecule has 0 spiro atoms. The van der Waals surface area contributed by atoms with Gasteiger partial charge in [0.05, 0.1) is 11.5 Å². The summed E-state index contributed by atoms with van der Waals surface area (Å²) in [6.07, 6.45) is 3.74. The van der Waals surface area contributed by atoms with Gasteiger partial charge in [-0.1, -0.05) is 27.7 Å². The Morgan fingerprint density at radius 2 is 1.74 bits per heavy atom. The van der Waals surface area contributed by atoms with E-state index in [1.54, 1.807) is 0 Å². The van der Waals surface area contributed by atoms with Gasteiger partial charge in [0.2, 0.25) is 0 Å². The van der Waals surface area contributed by atoms with Gasteiger partial charge in [-0.15, -0.1) is 0 Å². The molecule has 1 aliphatic carbocycles. The van der Waals surface area contributed by atoms with Gasteiger partial charge in [-0.05, 0) is 50.9 Å². The lowest BCUT2D eigenvalue weighted by Crippen LogP contribution is -2.39. The van der Waals surface area contributed by atoms with E-state index in [0.717, 1.165) is 32.1 Å². The summed E-state index contributed by atoms with van der Waals surface area (Å²) in [5.74, 6) is 0.697. The van der Waals surface area contributed by atoms with Crippen molar-refractivity contribution in [2.45, 2.75) is 78.9 Å². The average Bonchev–Trinajstić information content (AvgIpc) is 2.30. The fraction of sp³-hybridized carbons (Fsp3) is 0.938. The number of aliphatic hydroxyl groups excluding tert-OH is 1. The van der Waals surface area contributed by atoms with Crippen LogP contribution in [0.15, 0.2) is 0 Å². The van der Waals surface area contributed by atoms with Gasteiger partial charge < -0.3 is 9.84 Å². The fourth-order valence-electron chi connectivity index (χ4n) is 2.85. The van der Waals surface area contributed by atoms with E-state index in [-0.39, 0.29) is 24.1 Å². The SMILES string of the molecule is CC(C)CC(C)(C(=O)OC1CCC(O)CC1)C(C)C. The molecular formula is C16H30O3. The third kappa shape index (κ3) is 4.48. The summed E-state index contributed by atoms with van der Waals surface area (Å²) < 4.78 is 5.72. The number of hydrogen-bond donors (Lipinski definition) is 1. The molecule has 3 heteroatoms.